The maximum Gasteiger partial charge on any atom is 0.268 e. The van der Waals surface area contributed by atoms with E-state index in [4.69, 9.17) is 16.3 Å². The van der Waals surface area contributed by atoms with Gasteiger partial charge in [0, 0.05) is 36.1 Å². The van der Waals surface area contributed by atoms with E-state index >= 15 is 0 Å². The Bertz CT molecular complexity index is 1150. The number of methoxy groups -OCH3 is 1. The third-order valence-corrected chi connectivity index (χ3v) is 7.45. The number of ether oxygens (including phenoxy) is 1. The minimum Gasteiger partial charge on any atom is -0.497 e. The lowest BCUT2D eigenvalue weighted by molar-refractivity contribution is -0.147. The lowest BCUT2D eigenvalue weighted by atomic mass is 9.82. The van der Waals surface area contributed by atoms with Crippen LogP contribution in [0.15, 0.2) is 59.2 Å². The summed E-state index contributed by atoms with van der Waals surface area (Å²) in [4.78, 5) is 13.8. The monoisotopic (exact) mass is 466 g/mol. The van der Waals surface area contributed by atoms with Gasteiger partial charge in [-0.3, -0.25) is 9.80 Å². The maximum atomic E-state index is 13.9. The summed E-state index contributed by atoms with van der Waals surface area (Å²) in [6.45, 7) is 4.55. The van der Waals surface area contributed by atoms with E-state index in [9.17, 15) is 9.18 Å². The van der Waals surface area contributed by atoms with Gasteiger partial charge in [0.05, 0.1) is 7.11 Å². The highest BCUT2D eigenvalue weighted by molar-refractivity contribution is 6.31. The van der Waals surface area contributed by atoms with Crippen molar-refractivity contribution < 1.29 is 13.9 Å². The van der Waals surface area contributed by atoms with Crippen LogP contribution >= 0.6 is 11.6 Å². The molecule has 2 heterocycles. The van der Waals surface area contributed by atoms with Crippen molar-refractivity contribution in [3.05, 3.63) is 81.2 Å². The van der Waals surface area contributed by atoms with Crippen molar-refractivity contribution in [2.75, 3.05) is 26.7 Å². The van der Waals surface area contributed by atoms with Crippen LogP contribution in [-0.4, -0.2) is 42.7 Å². The molecule has 1 atom stereocenters. The van der Waals surface area contributed by atoms with Gasteiger partial charge in [0.2, 0.25) is 0 Å². The van der Waals surface area contributed by atoms with Crippen LogP contribution in [0.4, 0.5) is 4.39 Å². The van der Waals surface area contributed by atoms with Gasteiger partial charge in [-0.25, -0.2) is 9.40 Å². The molecular formula is C27H28ClFN2O2. The van der Waals surface area contributed by atoms with Crippen LogP contribution in [0.5, 0.6) is 5.75 Å². The lowest BCUT2D eigenvalue weighted by Gasteiger charge is -2.40. The summed E-state index contributed by atoms with van der Waals surface area (Å²) >= 11 is 6.57. The summed E-state index contributed by atoms with van der Waals surface area (Å²) in [7, 11) is 1.64. The Morgan fingerprint density at radius 1 is 1.03 bits per heavy atom. The molecule has 172 valence electrons. The molecule has 4 nitrogen and oxygen atoms in total. The van der Waals surface area contributed by atoms with Crippen LogP contribution in [0.1, 0.15) is 49.7 Å². The van der Waals surface area contributed by atoms with Crippen molar-refractivity contribution in [2.24, 2.45) is 0 Å². The van der Waals surface area contributed by atoms with Gasteiger partial charge in [-0.2, -0.15) is 0 Å². The molecule has 3 aliphatic rings. The van der Waals surface area contributed by atoms with Gasteiger partial charge in [-0.15, -0.1) is 0 Å². The van der Waals surface area contributed by atoms with Crippen molar-refractivity contribution in [1.29, 1.82) is 0 Å². The topological polar surface area (TPSA) is 32.8 Å². The number of carbonyl (C=O) groups is 1. The zero-order chi connectivity index (χ0) is 23.1. The molecular weight excluding hydrogens is 439 g/mol. The summed E-state index contributed by atoms with van der Waals surface area (Å²) in [5.41, 5.74) is 5.78. The molecule has 1 saturated heterocycles. The molecule has 0 aromatic heterocycles. The number of amides is 1. The van der Waals surface area contributed by atoms with Gasteiger partial charge < -0.3 is 4.74 Å². The average molecular weight is 467 g/mol. The number of allylic oxidation sites excluding steroid dienone is 1. The van der Waals surface area contributed by atoms with Gasteiger partial charge in [-0.1, -0.05) is 36.2 Å². The Hall–Kier alpha value is -2.63. The van der Waals surface area contributed by atoms with E-state index in [2.05, 4.69) is 5.01 Å². The highest BCUT2D eigenvalue weighted by atomic mass is 35.5. The molecule has 1 unspecified atom stereocenters. The standard InChI is InChI=1S/C27H28ClFN2O2/c1-17-24(18-6-9-20(33-2)10-7-18)26(21-11-8-19(29)16-23(21)28)22-12-15-31(27(32)25(17)22)30-13-4-3-5-14-30/h6-11,16,26H,3-5,12-15H2,1-2H3. The normalized spacial score (nSPS) is 21.6. The summed E-state index contributed by atoms with van der Waals surface area (Å²) in [6, 6.07) is 12.5. The van der Waals surface area contributed by atoms with E-state index in [0.29, 0.717) is 11.6 Å². The molecule has 1 amide bonds. The zero-order valence-corrected chi connectivity index (χ0v) is 19.8. The second kappa shape index (κ2) is 8.96. The first-order valence-electron chi connectivity index (χ1n) is 11.6. The summed E-state index contributed by atoms with van der Waals surface area (Å²) in [5.74, 6) is 0.312. The number of rotatable bonds is 4. The Morgan fingerprint density at radius 2 is 1.76 bits per heavy atom. The molecule has 2 aromatic carbocycles. The molecule has 1 aliphatic carbocycles. The number of halogens is 2. The Kier molecular flexibility index (Phi) is 6.02. The van der Waals surface area contributed by atoms with Crippen molar-refractivity contribution in [3.63, 3.8) is 0 Å². The van der Waals surface area contributed by atoms with E-state index in [1.807, 2.05) is 36.2 Å². The van der Waals surface area contributed by atoms with Gasteiger partial charge in [0.15, 0.2) is 0 Å². The Labute approximate surface area is 199 Å². The fraction of sp³-hybridized carbons (Fsp3) is 0.370. The Balaban J connectivity index is 1.62. The first-order valence-corrected chi connectivity index (χ1v) is 12.0. The average Bonchev–Trinajstić information content (AvgIpc) is 3.12. The number of nitrogens with zero attached hydrogens (tertiary/aromatic N) is 2. The van der Waals surface area contributed by atoms with Crippen molar-refractivity contribution in [2.45, 2.75) is 38.5 Å². The van der Waals surface area contributed by atoms with Gasteiger partial charge in [-0.05, 0) is 78.3 Å². The molecule has 6 heteroatoms. The van der Waals surface area contributed by atoms with E-state index in [1.165, 1.54) is 18.6 Å². The number of hydrogen-bond acceptors (Lipinski definition) is 3. The highest BCUT2D eigenvalue weighted by Gasteiger charge is 2.42. The molecule has 0 N–H and O–H groups in total. The Morgan fingerprint density at radius 3 is 2.42 bits per heavy atom. The van der Waals surface area contributed by atoms with Gasteiger partial charge >= 0.3 is 0 Å². The molecule has 0 bridgehead atoms. The zero-order valence-electron chi connectivity index (χ0n) is 19.0. The first kappa shape index (κ1) is 22.2. The minimum absolute atomic E-state index is 0.0717. The molecule has 2 aliphatic heterocycles. The van der Waals surface area contributed by atoms with Crippen molar-refractivity contribution >= 4 is 23.1 Å². The van der Waals surface area contributed by atoms with Crippen LogP contribution in [0.2, 0.25) is 5.02 Å². The second-order valence-corrected chi connectivity index (χ2v) is 9.37. The third kappa shape index (κ3) is 3.87. The largest absolute Gasteiger partial charge is 0.497 e. The number of hydrogen-bond donors (Lipinski definition) is 0. The summed E-state index contributed by atoms with van der Waals surface area (Å²) in [5, 5.41) is 4.55. The SMILES string of the molecule is COc1ccc(C2=C(C)C3=C(CCN(N4CCCCC4)C3=O)C2c2ccc(F)cc2Cl)cc1. The third-order valence-electron chi connectivity index (χ3n) is 7.13. The van der Waals surface area contributed by atoms with Crippen LogP contribution < -0.4 is 4.74 Å². The lowest BCUT2D eigenvalue weighted by Crippen LogP contribution is -2.51. The molecule has 0 spiro atoms. The summed E-state index contributed by atoms with van der Waals surface area (Å²) < 4.78 is 19.2. The van der Waals surface area contributed by atoms with Crippen LogP contribution in [0.25, 0.3) is 5.57 Å². The minimum atomic E-state index is -0.362. The van der Waals surface area contributed by atoms with Crippen LogP contribution in [0.3, 0.4) is 0 Å². The van der Waals surface area contributed by atoms with E-state index in [0.717, 1.165) is 71.5 Å². The molecule has 33 heavy (non-hydrogen) atoms. The number of benzene rings is 2. The van der Waals surface area contributed by atoms with Crippen molar-refractivity contribution in [3.8, 4) is 5.75 Å². The van der Waals surface area contributed by atoms with Gasteiger partial charge in [0.1, 0.15) is 11.6 Å². The molecule has 5 rings (SSSR count). The van der Waals surface area contributed by atoms with E-state index in [-0.39, 0.29) is 17.6 Å². The van der Waals surface area contributed by atoms with Gasteiger partial charge in [0.25, 0.3) is 5.91 Å². The van der Waals surface area contributed by atoms with E-state index < -0.39 is 0 Å². The predicted molar refractivity (Wildman–Crippen MR) is 129 cm³/mol. The molecule has 0 radical (unpaired) electrons. The molecule has 2 aromatic rings. The first-order chi connectivity index (χ1) is 16.0. The fourth-order valence-electron chi connectivity index (χ4n) is 5.56. The fourth-order valence-corrected chi connectivity index (χ4v) is 5.83. The maximum absolute atomic E-state index is 13.9. The van der Waals surface area contributed by atoms with Crippen LogP contribution in [0, 0.1) is 5.82 Å². The smallest absolute Gasteiger partial charge is 0.268 e. The number of piperidine rings is 1. The number of hydrazine groups is 1. The predicted octanol–water partition coefficient (Wildman–Crippen LogP) is 5.99. The van der Waals surface area contributed by atoms with Crippen molar-refractivity contribution in [1.82, 2.24) is 10.0 Å². The highest BCUT2D eigenvalue weighted by Crippen LogP contribution is 2.53. The summed E-state index contributed by atoms with van der Waals surface area (Å²) in [6.07, 6.45) is 4.23. The van der Waals surface area contributed by atoms with E-state index in [1.54, 1.807) is 13.2 Å². The molecule has 1 fully saturated rings. The quantitative estimate of drug-likeness (QED) is 0.555. The molecule has 0 saturated carbocycles. The number of carbonyl (C=O) groups excluding carboxylic acids is 1. The second-order valence-electron chi connectivity index (χ2n) is 8.96. The van der Waals surface area contributed by atoms with Crippen LogP contribution in [-0.2, 0) is 4.79 Å².